The van der Waals surface area contributed by atoms with Crippen molar-refractivity contribution < 1.29 is 4.74 Å². The molecule has 13 heavy (non-hydrogen) atoms. The average molecular weight is 176 g/mol. The van der Waals surface area contributed by atoms with Crippen LogP contribution in [0.1, 0.15) is 0 Å². The fraction of sp³-hybridized carbons (Fsp3) is 0.125. The Morgan fingerprint density at radius 3 is 3.23 bits per heavy atom. The van der Waals surface area contributed by atoms with Gasteiger partial charge in [0.15, 0.2) is 0 Å². The van der Waals surface area contributed by atoms with Gasteiger partial charge in [0, 0.05) is 11.8 Å². The number of nitrogens with one attached hydrogen (secondary N) is 1. The molecule has 0 spiro atoms. The molecule has 0 fully saturated rings. The summed E-state index contributed by atoms with van der Waals surface area (Å²) in [5.41, 5.74) is 1.01. The van der Waals surface area contributed by atoms with Crippen molar-refractivity contribution in [1.82, 2.24) is 15.4 Å². The van der Waals surface area contributed by atoms with E-state index in [9.17, 15) is 0 Å². The minimum atomic E-state index is 0.454. The van der Waals surface area contributed by atoms with Crippen molar-refractivity contribution in [3.05, 3.63) is 30.2 Å². The van der Waals surface area contributed by atoms with Crippen LogP contribution in [0.25, 0.3) is 0 Å². The molecule has 1 aromatic rings. The number of aliphatic imine (C=N–C) groups is 1. The highest BCUT2D eigenvalue weighted by Crippen LogP contribution is 2.05. The monoisotopic (exact) mass is 176 g/mol. The quantitative estimate of drug-likeness (QED) is 0.675. The van der Waals surface area contributed by atoms with E-state index in [0.717, 1.165) is 5.57 Å². The maximum Gasteiger partial charge on any atom is 0.258 e. The van der Waals surface area contributed by atoms with Crippen LogP contribution in [0.5, 0.6) is 5.88 Å². The number of allylic oxidation sites excluding steroid dienone is 1. The first-order valence-electron chi connectivity index (χ1n) is 3.84. The van der Waals surface area contributed by atoms with E-state index in [-0.39, 0.29) is 0 Å². The molecule has 1 aromatic heterocycles. The predicted molar refractivity (Wildman–Crippen MR) is 47.6 cm³/mol. The number of ether oxygens (including phenoxy) is 1. The van der Waals surface area contributed by atoms with Gasteiger partial charge in [0.05, 0.1) is 19.0 Å². The zero-order valence-corrected chi connectivity index (χ0v) is 6.84. The van der Waals surface area contributed by atoms with Crippen LogP contribution in [0.4, 0.5) is 0 Å². The van der Waals surface area contributed by atoms with Gasteiger partial charge in [-0.25, -0.2) is 0 Å². The Morgan fingerprint density at radius 2 is 2.54 bits per heavy atom. The van der Waals surface area contributed by atoms with Crippen LogP contribution in [0.2, 0.25) is 0 Å². The van der Waals surface area contributed by atoms with Gasteiger partial charge in [-0.2, -0.15) is 0 Å². The molecule has 1 aliphatic rings. The molecule has 0 unspecified atom stereocenters. The van der Waals surface area contributed by atoms with Gasteiger partial charge < -0.3 is 4.74 Å². The number of hydrogen-bond donors (Lipinski definition) is 1. The summed E-state index contributed by atoms with van der Waals surface area (Å²) in [4.78, 5) is 4.05. The third kappa shape index (κ3) is 2.02. The third-order valence-corrected chi connectivity index (χ3v) is 1.50. The van der Waals surface area contributed by atoms with E-state index >= 15 is 0 Å². The molecule has 0 bridgehead atoms. The zero-order valence-electron chi connectivity index (χ0n) is 6.84. The van der Waals surface area contributed by atoms with Gasteiger partial charge in [-0.15, -0.1) is 0 Å². The minimum Gasteiger partial charge on any atom is -0.444 e. The maximum atomic E-state index is 5.19. The van der Waals surface area contributed by atoms with Gasteiger partial charge >= 0.3 is 0 Å². The number of aromatic nitrogens is 3. The number of H-pyrrole nitrogens is 1. The van der Waals surface area contributed by atoms with Crippen LogP contribution in [-0.2, 0) is 0 Å². The standard InChI is InChI=1S/C8H8N4O/c1-2-7(4-9-3-1)6-13-8-5-10-12-11-8/h1-3,5-6H,4H2,(H,10,11,12). The van der Waals surface area contributed by atoms with Crippen molar-refractivity contribution in [1.29, 1.82) is 0 Å². The second-order valence-corrected chi connectivity index (χ2v) is 2.47. The lowest BCUT2D eigenvalue weighted by Crippen LogP contribution is -1.94. The summed E-state index contributed by atoms with van der Waals surface area (Å²) in [6.07, 6.45) is 8.75. The van der Waals surface area contributed by atoms with Crippen molar-refractivity contribution in [2.24, 2.45) is 4.99 Å². The molecule has 2 heterocycles. The first kappa shape index (κ1) is 7.72. The van der Waals surface area contributed by atoms with E-state index < -0.39 is 0 Å². The Morgan fingerprint density at radius 1 is 1.54 bits per heavy atom. The molecule has 0 radical (unpaired) electrons. The number of aromatic amines is 1. The second-order valence-electron chi connectivity index (χ2n) is 2.47. The maximum absolute atomic E-state index is 5.19. The molecule has 2 rings (SSSR count). The van der Waals surface area contributed by atoms with Crippen molar-refractivity contribution in [3.63, 3.8) is 0 Å². The van der Waals surface area contributed by atoms with Crippen molar-refractivity contribution in [2.75, 3.05) is 6.54 Å². The molecular formula is C8H8N4O. The molecule has 0 saturated heterocycles. The summed E-state index contributed by atoms with van der Waals surface area (Å²) in [6, 6.07) is 0. The molecule has 5 nitrogen and oxygen atoms in total. The topological polar surface area (TPSA) is 63.2 Å². The smallest absolute Gasteiger partial charge is 0.258 e. The molecule has 66 valence electrons. The predicted octanol–water partition coefficient (Wildman–Crippen LogP) is 0.708. The molecule has 0 amide bonds. The van der Waals surface area contributed by atoms with E-state index in [1.807, 2.05) is 12.2 Å². The van der Waals surface area contributed by atoms with Crippen LogP contribution >= 0.6 is 0 Å². The Balaban J connectivity index is 1.98. The number of hydrogen-bond acceptors (Lipinski definition) is 4. The third-order valence-electron chi connectivity index (χ3n) is 1.50. The Labute approximate surface area is 74.8 Å². The summed E-state index contributed by atoms with van der Waals surface area (Å²) >= 11 is 0. The molecule has 0 saturated carbocycles. The highest BCUT2D eigenvalue weighted by atomic mass is 16.5. The molecule has 1 aliphatic heterocycles. The number of nitrogens with zero attached hydrogens (tertiary/aromatic N) is 3. The molecule has 5 heteroatoms. The van der Waals surface area contributed by atoms with E-state index in [0.29, 0.717) is 12.4 Å². The summed E-state index contributed by atoms with van der Waals surface area (Å²) in [6.45, 7) is 0.647. The zero-order chi connectivity index (χ0) is 8.93. The Hall–Kier alpha value is -1.91. The number of dihydropyridines is 1. The molecule has 1 N–H and O–H groups in total. The summed E-state index contributed by atoms with van der Waals surface area (Å²) < 4.78 is 5.19. The minimum absolute atomic E-state index is 0.454. The molecule has 0 aliphatic carbocycles. The van der Waals surface area contributed by atoms with Crippen molar-refractivity contribution >= 4 is 6.21 Å². The SMILES string of the molecule is C1=CC(=COc2c[nH]nn2)CN=C1. The van der Waals surface area contributed by atoms with Crippen molar-refractivity contribution in [2.45, 2.75) is 0 Å². The summed E-state index contributed by atoms with van der Waals surface area (Å²) in [5.74, 6) is 0.454. The van der Waals surface area contributed by atoms with E-state index in [2.05, 4.69) is 20.4 Å². The number of rotatable bonds is 2. The van der Waals surface area contributed by atoms with Crippen LogP contribution in [0.15, 0.2) is 35.2 Å². The lowest BCUT2D eigenvalue weighted by molar-refractivity contribution is 0.455. The van der Waals surface area contributed by atoms with Crippen LogP contribution in [0.3, 0.4) is 0 Å². The fourth-order valence-corrected chi connectivity index (χ4v) is 0.900. The molecular weight excluding hydrogens is 168 g/mol. The van der Waals surface area contributed by atoms with Gasteiger partial charge in [0.1, 0.15) is 0 Å². The Kier molecular flexibility index (Phi) is 2.18. The van der Waals surface area contributed by atoms with Gasteiger partial charge in [-0.3, -0.25) is 10.1 Å². The normalized spacial score (nSPS) is 18.0. The van der Waals surface area contributed by atoms with Crippen molar-refractivity contribution in [3.8, 4) is 5.88 Å². The first-order valence-corrected chi connectivity index (χ1v) is 3.84. The first-order chi connectivity index (χ1) is 6.45. The lowest BCUT2D eigenvalue weighted by Gasteiger charge is -2.00. The summed E-state index contributed by atoms with van der Waals surface area (Å²) in [7, 11) is 0. The lowest BCUT2D eigenvalue weighted by atomic mass is 10.2. The van der Waals surface area contributed by atoms with E-state index in [1.54, 1.807) is 18.7 Å². The molecule has 0 aromatic carbocycles. The largest absolute Gasteiger partial charge is 0.444 e. The average Bonchev–Trinajstić information content (AvgIpc) is 2.69. The van der Waals surface area contributed by atoms with Crippen LogP contribution in [-0.4, -0.2) is 28.2 Å². The van der Waals surface area contributed by atoms with E-state index in [1.165, 1.54) is 0 Å². The van der Waals surface area contributed by atoms with Gasteiger partial charge in [0.25, 0.3) is 5.88 Å². The highest BCUT2D eigenvalue weighted by molar-refractivity contribution is 5.73. The Bertz CT molecular complexity index is 350. The van der Waals surface area contributed by atoms with Gasteiger partial charge in [-0.05, 0) is 6.08 Å². The van der Waals surface area contributed by atoms with Crippen LogP contribution in [0, 0.1) is 0 Å². The van der Waals surface area contributed by atoms with Crippen LogP contribution < -0.4 is 4.74 Å². The summed E-state index contributed by atoms with van der Waals surface area (Å²) in [5, 5.41) is 9.73. The second kappa shape index (κ2) is 3.66. The van der Waals surface area contributed by atoms with Gasteiger partial charge in [-0.1, -0.05) is 16.4 Å². The highest BCUT2D eigenvalue weighted by Gasteiger charge is 1.96. The molecule has 0 atom stereocenters. The van der Waals surface area contributed by atoms with Gasteiger partial charge in [0.2, 0.25) is 0 Å². The fourth-order valence-electron chi connectivity index (χ4n) is 0.900. The van der Waals surface area contributed by atoms with E-state index in [4.69, 9.17) is 4.74 Å².